The lowest BCUT2D eigenvalue weighted by molar-refractivity contribution is 0.215. The van der Waals surface area contributed by atoms with Crippen LogP contribution in [0.5, 0.6) is 17.2 Å². The van der Waals surface area contributed by atoms with E-state index in [0.717, 1.165) is 5.75 Å². The lowest BCUT2D eigenvalue weighted by Gasteiger charge is -2.08. The smallest absolute Gasteiger partial charge is 0.223 e. The summed E-state index contributed by atoms with van der Waals surface area (Å²) in [6.07, 6.45) is 1.51. The second kappa shape index (κ2) is 7.35. The van der Waals surface area contributed by atoms with Crippen molar-refractivity contribution in [3.63, 3.8) is 0 Å². The predicted molar refractivity (Wildman–Crippen MR) is 78.9 cm³/mol. The molecule has 0 radical (unpaired) electrons. The zero-order chi connectivity index (χ0) is 15.1. The van der Waals surface area contributed by atoms with Crippen LogP contribution in [-0.4, -0.2) is 25.3 Å². The minimum absolute atomic E-state index is 0.196. The Bertz CT molecular complexity index is 622. The van der Waals surface area contributed by atoms with Gasteiger partial charge in [-0.3, -0.25) is 4.79 Å². The van der Waals surface area contributed by atoms with Crippen LogP contribution in [0.3, 0.4) is 0 Å². The quantitative estimate of drug-likeness (QED) is 0.751. The summed E-state index contributed by atoms with van der Waals surface area (Å²) in [6, 6.07) is 8.67. The van der Waals surface area contributed by atoms with Crippen molar-refractivity contribution in [3.8, 4) is 17.2 Å². The molecule has 2 aromatic rings. The standard InChI is InChI=1S/C15H18N2O4/c1-19-12-2-4-13(5-3-12)20-6-7-21-15-10-17-11(9-16)8-14(15)18/h2-5,8,10H,6-7,9,16H2,1H3,(H,17,18). The van der Waals surface area contributed by atoms with Gasteiger partial charge in [0, 0.05) is 24.5 Å². The van der Waals surface area contributed by atoms with Gasteiger partial charge in [0.2, 0.25) is 5.43 Å². The van der Waals surface area contributed by atoms with E-state index in [1.54, 1.807) is 7.11 Å². The Balaban J connectivity index is 1.80. The highest BCUT2D eigenvalue weighted by Gasteiger charge is 2.02. The number of ether oxygens (including phenoxy) is 3. The van der Waals surface area contributed by atoms with Crippen LogP contribution in [0.25, 0.3) is 0 Å². The fourth-order valence-corrected chi connectivity index (χ4v) is 1.71. The number of rotatable bonds is 7. The molecule has 1 aromatic heterocycles. The van der Waals surface area contributed by atoms with Gasteiger partial charge in [-0.25, -0.2) is 0 Å². The van der Waals surface area contributed by atoms with Crippen LogP contribution in [0, 0.1) is 0 Å². The summed E-state index contributed by atoms with van der Waals surface area (Å²) in [6.45, 7) is 0.900. The van der Waals surface area contributed by atoms with E-state index < -0.39 is 0 Å². The van der Waals surface area contributed by atoms with Crippen LogP contribution in [0.1, 0.15) is 5.69 Å². The number of nitrogens with two attached hydrogens (primary N) is 1. The number of hydrogen-bond acceptors (Lipinski definition) is 5. The van der Waals surface area contributed by atoms with Gasteiger partial charge in [0.25, 0.3) is 0 Å². The molecule has 0 saturated carbocycles. The van der Waals surface area contributed by atoms with Crippen molar-refractivity contribution in [3.05, 3.63) is 52.4 Å². The first-order chi connectivity index (χ1) is 10.2. The van der Waals surface area contributed by atoms with Crippen LogP contribution in [0.4, 0.5) is 0 Å². The van der Waals surface area contributed by atoms with Crippen molar-refractivity contribution in [2.24, 2.45) is 5.73 Å². The van der Waals surface area contributed by atoms with Crippen LogP contribution >= 0.6 is 0 Å². The first-order valence-electron chi connectivity index (χ1n) is 6.54. The van der Waals surface area contributed by atoms with E-state index in [4.69, 9.17) is 19.9 Å². The maximum Gasteiger partial charge on any atom is 0.223 e. The lowest BCUT2D eigenvalue weighted by atomic mass is 10.3. The van der Waals surface area contributed by atoms with E-state index in [-0.39, 0.29) is 24.3 Å². The third kappa shape index (κ3) is 4.25. The normalized spacial score (nSPS) is 10.2. The summed E-state index contributed by atoms with van der Waals surface area (Å²) in [5.74, 6) is 1.74. The fraction of sp³-hybridized carbons (Fsp3) is 0.267. The molecule has 0 aliphatic rings. The summed E-state index contributed by atoms with van der Waals surface area (Å²) in [7, 11) is 1.61. The summed E-state index contributed by atoms with van der Waals surface area (Å²) in [4.78, 5) is 14.6. The van der Waals surface area contributed by atoms with Gasteiger partial charge in [-0.2, -0.15) is 0 Å². The zero-order valence-electron chi connectivity index (χ0n) is 11.8. The van der Waals surface area contributed by atoms with Crippen molar-refractivity contribution in [1.29, 1.82) is 0 Å². The number of aromatic nitrogens is 1. The number of methoxy groups -OCH3 is 1. The maximum absolute atomic E-state index is 11.7. The Morgan fingerprint density at radius 3 is 2.38 bits per heavy atom. The summed E-state index contributed by atoms with van der Waals surface area (Å²) < 4.78 is 15.9. The Morgan fingerprint density at radius 1 is 1.10 bits per heavy atom. The molecule has 0 atom stereocenters. The molecule has 1 aromatic carbocycles. The molecule has 6 nitrogen and oxygen atoms in total. The van der Waals surface area contributed by atoms with Gasteiger partial charge in [0.15, 0.2) is 5.75 Å². The molecule has 0 fully saturated rings. The Hall–Kier alpha value is -2.47. The van der Waals surface area contributed by atoms with Gasteiger partial charge in [0.1, 0.15) is 24.7 Å². The number of aromatic amines is 1. The van der Waals surface area contributed by atoms with Gasteiger partial charge < -0.3 is 24.9 Å². The monoisotopic (exact) mass is 290 g/mol. The van der Waals surface area contributed by atoms with Gasteiger partial charge in [-0.05, 0) is 24.3 Å². The number of benzene rings is 1. The van der Waals surface area contributed by atoms with Crippen molar-refractivity contribution >= 4 is 0 Å². The highest BCUT2D eigenvalue weighted by molar-refractivity contribution is 5.31. The van der Waals surface area contributed by atoms with E-state index in [1.165, 1.54) is 12.3 Å². The predicted octanol–water partition coefficient (Wildman–Crippen LogP) is 1.30. The maximum atomic E-state index is 11.7. The van der Waals surface area contributed by atoms with Gasteiger partial charge >= 0.3 is 0 Å². The van der Waals surface area contributed by atoms with Crippen molar-refractivity contribution < 1.29 is 14.2 Å². The molecule has 1 heterocycles. The van der Waals surface area contributed by atoms with Crippen LogP contribution < -0.4 is 25.4 Å². The summed E-state index contributed by atoms with van der Waals surface area (Å²) in [5, 5.41) is 0. The van der Waals surface area contributed by atoms with E-state index in [2.05, 4.69) is 4.98 Å². The minimum Gasteiger partial charge on any atom is -0.497 e. The average Bonchev–Trinajstić information content (AvgIpc) is 2.53. The second-order valence-electron chi connectivity index (χ2n) is 4.26. The molecule has 2 rings (SSSR count). The molecule has 0 spiro atoms. The van der Waals surface area contributed by atoms with Crippen LogP contribution in [-0.2, 0) is 6.54 Å². The lowest BCUT2D eigenvalue weighted by Crippen LogP contribution is -2.15. The van der Waals surface area contributed by atoms with Gasteiger partial charge in [-0.1, -0.05) is 0 Å². The Labute approximate surface area is 122 Å². The molecule has 21 heavy (non-hydrogen) atoms. The van der Waals surface area contributed by atoms with E-state index in [9.17, 15) is 4.79 Å². The molecule has 6 heteroatoms. The first-order valence-corrected chi connectivity index (χ1v) is 6.54. The summed E-state index contributed by atoms with van der Waals surface area (Å²) >= 11 is 0. The molecule has 112 valence electrons. The van der Waals surface area contributed by atoms with Crippen molar-refractivity contribution in [2.75, 3.05) is 20.3 Å². The fourth-order valence-electron chi connectivity index (χ4n) is 1.71. The number of hydrogen-bond donors (Lipinski definition) is 2. The third-order valence-corrected chi connectivity index (χ3v) is 2.83. The molecule has 3 N–H and O–H groups in total. The van der Waals surface area contributed by atoms with Gasteiger partial charge in [-0.15, -0.1) is 0 Å². The highest BCUT2D eigenvalue weighted by Crippen LogP contribution is 2.16. The number of H-pyrrole nitrogens is 1. The Kier molecular flexibility index (Phi) is 5.22. The van der Waals surface area contributed by atoms with E-state index >= 15 is 0 Å². The van der Waals surface area contributed by atoms with Crippen LogP contribution in [0.2, 0.25) is 0 Å². The Morgan fingerprint density at radius 2 is 1.76 bits per heavy atom. The zero-order valence-corrected chi connectivity index (χ0v) is 11.8. The molecule has 0 saturated heterocycles. The van der Waals surface area contributed by atoms with Crippen LogP contribution in [0.15, 0.2) is 41.3 Å². The number of pyridine rings is 1. The molecular weight excluding hydrogens is 272 g/mol. The molecule has 0 amide bonds. The van der Waals surface area contributed by atoms with Crippen molar-refractivity contribution in [1.82, 2.24) is 4.98 Å². The van der Waals surface area contributed by atoms with E-state index in [0.29, 0.717) is 18.1 Å². The van der Waals surface area contributed by atoms with Crippen molar-refractivity contribution in [2.45, 2.75) is 6.54 Å². The number of nitrogens with one attached hydrogen (secondary N) is 1. The minimum atomic E-state index is -0.196. The molecular formula is C15H18N2O4. The van der Waals surface area contributed by atoms with E-state index in [1.807, 2.05) is 24.3 Å². The largest absolute Gasteiger partial charge is 0.497 e. The average molecular weight is 290 g/mol. The molecule has 0 bridgehead atoms. The first kappa shape index (κ1) is 14.9. The second-order valence-corrected chi connectivity index (χ2v) is 4.26. The topological polar surface area (TPSA) is 86.6 Å². The summed E-state index contributed by atoms with van der Waals surface area (Å²) in [5.41, 5.74) is 5.91. The molecule has 0 unspecified atom stereocenters. The van der Waals surface area contributed by atoms with Gasteiger partial charge in [0.05, 0.1) is 7.11 Å². The SMILES string of the molecule is COc1ccc(OCCOc2c[nH]c(CN)cc2=O)cc1. The molecule has 0 aliphatic heterocycles. The molecule has 0 aliphatic carbocycles. The third-order valence-electron chi connectivity index (χ3n) is 2.83. The highest BCUT2D eigenvalue weighted by atomic mass is 16.5.